The van der Waals surface area contributed by atoms with Gasteiger partial charge in [0.25, 0.3) is 0 Å². The first kappa shape index (κ1) is 22.4. The van der Waals surface area contributed by atoms with Crippen LogP contribution >= 0.6 is 0 Å². The molecule has 9 heteroatoms. The van der Waals surface area contributed by atoms with Crippen LogP contribution in [0.5, 0.6) is 17.2 Å². The van der Waals surface area contributed by atoms with E-state index < -0.39 is 15.9 Å². The molecule has 0 aromatic heterocycles. The predicted octanol–water partition coefficient (Wildman–Crippen LogP) is 2.10. The Morgan fingerprint density at radius 2 is 1.62 bits per heavy atom. The van der Waals surface area contributed by atoms with Crippen LogP contribution < -0.4 is 23.8 Å². The molecular formula is C20H26N2O6S. The van der Waals surface area contributed by atoms with Gasteiger partial charge in [0.1, 0.15) is 6.54 Å². The van der Waals surface area contributed by atoms with Crippen LogP contribution in [0.3, 0.4) is 0 Å². The van der Waals surface area contributed by atoms with Crippen molar-refractivity contribution in [3.8, 4) is 17.2 Å². The van der Waals surface area contributed by atoms with Gasteiger partial charge in [0.2, 0.25) is 21.7 Å². The van der Waals surface area contributed by atoms with Gasteiger partial charge < -0.3 is 19.5 Å². The first-order valence-corrected chi connectivity index (χ1v) is 10.6. The number of nitrogens with zero attached hydrogens (tertiary/aromatic N) is 1. The number of aryl methyl sites for hydroxylation is 1. The third kappa shape index (κ3) is 5.54. The molecule has 0 aliphatic carbocycles. The van der Waals surface area contributed by atoms with Crippen molar-refractivity contribution >= 4 is 21.6 Å². The highest BCUT2D eigenvalue weighted by atomic mass is 32.2. The number of carbonyl (C=O) groups excluding carboxylic acids is 1. The molecule has 0 bridgehead atoms. The topological polar surface area (TPSA) is 94.2 Å². The lowest BCUT2D eigenvalue weighted by Gasteiger charge is -2.23. The molecule has 1 N–H and O–H groups in total. The summed E-state index contributed by atoms with van der Waals surface area (Å²) in [6, 6.07) is 10.4. The number of para-hydroxylation sites is 1. The SMILES string of the molecule is COc1cc(CNC(=O)CN(c2ccccc2C)S(C)(=O)=O)cc(OC)c1OC. The molecule has 1 amide bonds. The van der Waals surface area contributed by atoms with E-state index in [-0.39, 0.29) is 13.1 Å². The molecule has 0 aliphatic rings. The van der Waals surface area contributed by atoms with Crippen LogP contribution in [-0.2, 0) is 21.4 Å². The van der Waals surface area contributed by atoms with Crippen LogP contribution in [0.1, 0.15) is 11.1 Å². The van der Waals surface area contributed by atoms with Gasteiger partial charge in [-0.05, 0) is 36.2 Å². The minimum atomic E-state index is -3.63. The quantitative estimate of drug-likeness (QED) is 0.665. The van der Waals surface area contributed by atoms with E-state index in [2.05, 4.69) is 5.32 Å². The molecule has 0 aliphatic heterocycles. The summed E-state index contributed by atoms with van der Waals surface area (Å²) in [5.41, 5.74) is 1.95. The molecule has 29 heavy (non-hydrogen) atoms. The maximum atomic E-state index is 12.5. The fourth-order valence-corrected chi connectivity index (χ4v) is 3.76. The van der Waals surface area contributed by atoms with E-state index in [1.165, 1.54) is 21.3 Å². The first-order chi connectivity index (χ1) is 13.7. The standard InChI is InChI=1S/C20H26N2O6S/c1-14-8-6-7-9-16(14)22(29(5,24)25)13-19(23)21-12-15-10-17(26-2)20(28-4)18(11-15)27-3/h6-11H,12-13H2,1-5H3,(H,21,23). The Balaban J connectivity index is 2.17. The van der Waals surface area contributed by atoms with Gasteiger partial charge >= 0.3 is 0 Å². The average molecular weight is 423 g/mol. The van der Waals surface area contributed by atoms with E-state index in [4.69, 9.17) is 14.2 Å². The highest BCUT2D eigenvalue weighted by molar-refractivity contribution is 7.92. The van der Waals surface area contributed by atoms with Crippen molar-refractivity contribution in [2.75, 3.05) is 38.4 Å². The molecule has 0 radical (unpaired) electrons. The predicted molar refractivity (Wildman–Crippen MR) is 111 cm³/mol. The number of benzene rings is 2. The number of methoxy groups -OCH3 is 3. The van der Waals surface area contributed by atoms with Crippen LogP contribution in [0.25, 0.3) is 0 Å². The van der Waals surface area contributed by atoms with Crippen LogP contribution in [0.4, 0.5) is 5.69 Å². The molecule has 0 unspecified atom stereocenters. The van der Waals surface area contributed by atoms with Gasteiger partial charge in [-0.3, -0.25) is 9.10 Å². The normalized spacial score (nSPS) is 10.9. The van der Waals surface area contributed by atoms with Gasteiger partial charge in [0, 0.05) is 6.54 Å². The number of hydrogen-bond donors (Lipinski definition) is 1. The molecule has 2 rings (SSSR count). The zero-order chi connectivity index (χ0) is 21.6. The fraction of sp³-hybridized carbons (Fsp3) is 0.350. The summed E-state index contributed by atoms with van der Waals surface area (Å²) in [6.07, 6.45) is 1.08. The van der Waals surface area contributed by atoms with E-state index in [9.17, 15) is 13.2 Å². The van der Waals surface area contributed by atoms with Crippen molar-refractivity contribution in [2.45, 2.75) is 13.5 Å². The van der Waals surface area contributed by atoms with Crippen LogP contribution in [0, 0.1) is 6.92 Å². The molecule has 0 saturated heterocycles. The third-order valence-corrected chi connectivity index (χ3v) is 5.41. The molecule has 2 aromatic carbocycles. The second kappa shape index (κ2) is 9.51. The number of anilines is 1. The average Bonchev–Trinajstić information content (AvgIpc) is 2.69. The molecule has 0 spiro atoms. The molecular weight excluding hydrogens is 396 g/mol. The Hall–Kier alpha value is -2.94. The van der Waals surface area contributed by atoms with Crippen molar-refractivity contribution in [3.05, 3.63) is 47.5 Å². The maximum Gasteiger partial charge on any atom is 0.241 e. The zero-order valence-corrected chi connectivity index (χ0v) is 18.0. The summed E-state index contributed by atoms with van der Waals surface area (Å²) in [5, 5.41) is 2.73. The van der Waals surface area contributed by atoms with Gasteiger partial charge in [0.05, 0.1) is 33.3 Å². The Labute approximate surface area is 171 Å². The Bertz CT molecular complexity index is 950. The number of sulfonamides is 1. The number of amides is 1. The Morgan fingerprint density at radius 1 is 1.03 bits per heavy atom. The van der Waals surface area contributed by atoms with Crippen molar-refractivity contribution in [1.82, 2.24) is 5.32 Å². The summed E-state index contributed by atoms with van der Waals surface area (Å²) in [7, 11) is 0.886. The third-order valence-electron chi connectivity index (χ3n) is 4.29. The van der Waals surface area contributed by atoms with Crippen LogP contribution in [0.15, 0.2) is 36.4 Å². The minimum absolute atomic E-state index is 0.168. The maximum absolute atomic E-state index is 12.5. The summed E-state index contributed by atoms with van der Waals surface area (Å²) < 4.78 is 41.4. The number of hydrogen-bond acceptors (Lipinski definition) is 6. The van der Waals surface area contributed by atoms with E-state index >= 15 is 0 Å². The highest BCUT2D eigenvalue weighted by Crippen LogP contribution is 2.38. The summed E-state index contributed by atoms with van der Waals surface area (Å²) >= 11 is 0. The highest BCUT2D eigenvalue weighted by Gasteiger charge is 2.22. The van der Waals surface area contributed by atoms with Crippen molar-refractivity contribution < 1.29 is 27.4 Å². The van der Waals surface area contributed by atoms with Gasteiger partial charge in [0.15, 0.2) is 11.5 Å². The minimum Gasteiger partial charge on any atom is -0.493 e. The summed E-state index contributed by atoms with van der Waals surface area (Å²) in [4.78, 5) is 12.5. The lowest BCUT2D eigenvalue weighted by molar-refractivity contribution is -0.119. The summed E-state index contributed by atoms with van der Waals surface area (Å²) in [6.45, 7) is 1.64. The summed E-state index contributed by atoms with van der Waals surface area (Å²) in [5.74, 6) is 0.947. The number of rotatable bonds is 9. The van der Waals surface area contributed by atoms with Gasteiger partial charge in [-0.1, -0.05) is 18.2 Å². The van der Waals surface area contributed by atoms with E-state index in [1.807, 2.05) is 6.07 Å². The molecule has 2 aromatic rings. The fourth-order valence-electron chi connectivity index (χ4n) is 2.85. The van der Waals surface area contributed by atoms with Crippen molar-refractivity contribution in [2.24, 2.45) is 0 Å². The monoisotopic (exact) mass is 422 g/mol. The number of ether oxygens (including phenoxy) is 3. The van der Waals surface area contributed by atoms with Crippen molar-refractivity contribution in [3.63, 3.8) is 0 Å². The van der Waals surface area contributed by atoms with Gasteiger partial charge in [-0.15, -0.1) is 0 Å². The van der Waals surface area contributed by atoms with E-state index in [1.54, 1.807) is 37.3 Å². The molecule has 0 heterocycles. The molecule has 0 atom stereocenters. The molecule has 158 valence electrons. The van der Waals surface area contributed by atoms with Crippen LogP contribution in [0.2, 0.25) is 0 Å². The van der Waals surface area contributed by atoms with E-state index in [0.29, 0.717) is 22.9 Å². The van der Waals surface area contributed by atoms with E-state index in [0.717, 1.165) is 21.7 Å². The van der Waals surface area contributed by atoms with Crippen LogP contribution in [-0.4, -0.2) is 48.5 Å². The Morgan fingerprint density at radius 3 is 2.10 bits per heavy atom. The first-order valence-electron chi connectivity index (χ1n) is 8.80. The smallest absolute Gasteiger partial charge is 0.241 e. The van der Waals surface area contributed by atoms with Gasteiger partial charge in [-0.25, -0.2) is 8.42 Å². The second-order valence-corrected chi connectivity index (χ2v) is 8.27. The van der Waals surface area contributed by atoms with Gasteiger partial charge in [-0.2, -0.15) is 0 Å². The van der Waals surface area contributed by atoms with Crippen molar-refractivity contribution in [1.29, 1.82) is 0 Å². The molecule has 0 fully saturated rings. The largest absolute Gasteiger partial charge is 0.493 e. The lowest BCUT2D eigenvalue weighted by Crippen LogP contribution is -2.40. The molecule has 0 saturated carbocycles. The Kier molecular flexibility index (Phi) is 7.33. The molecule has 8 nitrogen and oxygen atoms in total. The zero-order valence-electron chi connectivity index (χ0n) is 17.2. The number of nitrogens with one attached hydrogen (secondary N) is 1. The number of carbonyl (C=O) groups is 1. The second-order valence-electron chi connectivity index (χ2n) is 6.37. The lowest BCUT2D eigenvalue weighted by atomic mass is 10.1.